The van der Waals surface area contributed by atoms with E-state index in [2.05, 4.69) is 10.1 Å². The Bertz CT molecular complexity index is 325. The molecule has 1 rings (SSSR count). The average molecular weight is 198 g/mol. The Kier molecular flexibility index (Phi) is 2.02. The molecule has 0 aromatic heterocycles. The Morgan fingerprint density at radius 2 is 2.00 bits per heavy atom. The molecular formula is C5H10O4S2. The first-order chi connectivity index (χ1) is 4.79. The van der Waals surface area contributed by atoms with Crippen LogP contribution in [0.25, 0.3) is 0 Å². The summed E-state index contributed by atoms with van der Waals surface area (Å²) in [4.78, 5) is 0. The summed E-state index contributed by atoms with van der Waals surface area (Å²) in [5, 5.41) is 0. The third-order valence-corrected chi connectivity index (χ3v) is 3.87. The van der Waals surface area contributed by atoms with Crippen LogP contribution >= 0.6 is 0 Å². The van der Waals surface area contributed by atoms with Gasteiger partial charge < -0.3 is 0 Å². The highest BCUT2D eigenvalue weighted by Gasteiger charge is 2.31. The van der Waals surface area contributed by atoms with Crippen molar-refractivity contribution in [3.63, 3.8) is 0 Å². The minimum atomic E-state index is -3.39. The highest BCUT2D eigenvalue weighted by molar-refractivity contribution is 8.01. The second kappa shape index (κ2) is 2.46. The predicted octanol–water partition coefficient (Wildman–Crippen LogP) is -0.939. The fourth-order valence-corrected chi connectivity index (χ4v) is 3.13. The van der Waals surface area contributed by atoms with E-state index in [1.54, 1.807) is 0 Å². The second-order valence-corrected chi connectivity index (χ2v) is 6.92. The van der Waals surface area contributed by atoms with Crippen molar-refractivity contribution < 1.29 is 16.8 Å². The molecule has 0 radical (unpaired) electrons. The van der Waals surface area contributed by atoms with Crippen LogP contribution in [0.15, 0.2) is 0 Å². The topological polar surface area (TPSA) is 60.4 Å². The molecule has 0 aliphatic carbocycles. The first-order valence-electron chi connectivity index (χ1n) is 2.99. The van der Waals surface area contributed by atoms with Gasteiger partial charge in [-0.3, -0.25) is 8.39 Å². The lowest BCUT2D eigenvalue weighted by molar-refractivity contribution is 0.244. The lowest BCUT2D eigenvalue weighted by atomic mass is 10.5. The summed E-state index contributed by atoms with van der Waals surface area (Å²) in [7, 11) is -5.38. The van der Waals surface area contributed by atoms with Crippen LogP contribution in [0.4, 0.5) is 0 Å². The van der Waals surface area contributed by atoms with Gasteiger partial charge in [-0.2, -0.15) is 8.42 Å². The van der Waals surface area contributed by atoms with Crippen LogP contribution in [0.5, 0.6) is 0 Å². The molecule has 0 spiro atoms. The van der Waals surface area contributed by atoms with Gasteiger partial charge in [0.05, 0.1) is 12.4 Å². The number of hydrogen-bond donors (Lipinski definition) is 0. The molecule has 0 unspecified atom stereocenters. The van der Waals surface area contributed by atoms with Gasteiger partial charge in [-0.25, -0.2) is 0 Å². The van der Waals surface area contributed by atoms with Crippen LogP contribution in [-0.4, -0.2) is 42.4 Å². The molecule has 1 aliphatic heterocycles. The molecule has 0 amide bonds. The first kappa shape index (κ1) is 9.02. The zero-order chi connectivity index (χ0) is 8.70. The smallest absolute Gasteiger partial charge is 0.264 e. The van der Waals surface area contributed by atoms with Crippen LogP contribution < -0.4 is 0 Å². The predicted molar refractivity (Wildman–Crippen MR) is 44.7 cm³/mol. The highest BCUT2D eigenvalue weighted by Crippen LogP contribution is 2.15. The second-order valence-electron chi connectivity index (χ2n) is 2.72. The van der Waals surface area contributed by atoms with Crippen LogP contribution in [0.2, 0.25) is 0 Å². The molecule has 1 aliphatic rings. The summed E-state index contributed by atoms with van der Waals surface area (Å²) in [6.45, 7) is 0. The summed E-state index contributed by atoms with van der Waals surface area (Å²) in [6, 6.07) is 0. The Morgan fingerprint density at radius 1 is 1.55 bits per heavy atom. The molecule has 6 heteroatoms. The van der Waals surface area contributed by atoms with Gasteiger partial charge in [0.15, 0.2) is 0 Å². The van der Waals surface area contributed by atoms with Crippen LogP contribution in [0, 0.1) is 0 Å². The maximum Gasteiger partial charge on any atom is 0.264 e. The van der Waals surface area contributed by atoms with E-state index in [1.807, 2.05) is 0 Å². The average Bonchev–Trinajstić information content (AvgIpc) is 1.53. The zero-order valence-corrected chi connectivity index (χ0v) is 7.78. The molecular weight excluding hydrogens is 188 g/mol. The maximum atomic E-state index is 11.0. The van der Waals surface area contributed by atoms with Crippen molar-refractivity contribution >= 4 is 25.5 Å². The van der Waals surface area contributed by atoms with Crippen LogP contribution in [-0.2, 0) is 23.8 Å². The van der Waals surface area contributed by atoms with E-state index in [0.717, 1.165) is 6.26 Å². The molecule has 4 nitrogen and oxygen atoms in total. The first-order valence-corrected chi connectivity index (χ1v) is 6.88. The van der Waals surface area contributed by atoms with Gasteiger partial charge >= 0.3 is 0 Å². The fourth-order valence-electron chi connectivity index (χ4n) is 0.931. The van der Waals surface area contributed by atoms with Gasteiger partial charge in [0, 0.05) is 11.5 Å². The molecule has 0 aromatic rings. The maximum absolute atomic E-state index is 11.0. The van der Waals surface area contributed by atoms with Gasteiger partial charge in [-0.05, 0) is 15.4 Å². The van der Waals surface area contributed by atoms with Gasteiger partial charge in [0.25, 0.3) is 10.1 Å². The van der Waals surface area contributed by atoms with Crippen molar-refractivity contribution in [2.24, 2.45) is 0 Å². The fraction of sp³-hybridized carbons (Fsp3) is 0.800. The van der Waals surface area contributed by atoms with Crippen molar-refractivity contribution in [3.05, 3.63) is 0 Å². The largest absolute Gasteiger partial charge is 0.268 e. The molecule has 0 atom stereocenters. The SMILES string of the molecule is C=S1(=O)CC(OS(C)(=O)=O)C1. The van der Waals surface area contributed by atoms with E-state index in [0.29, 0.717) is 0 Å². The van der Waals surface area contributed by atoms with Gasteiger partial charge in [-0.1, -0.05) is 0 Å². The lowest BCUT2D eigenvalue weighted by Crippen LogP contribution is -2.44. The van der Waals surface area contributed by atoms with Crippen molar-refractivity contribution in [2.45, 2.75) is 6.10 Å². The van der Waals surface area contributed by atoms with E-state index in [9.17, 15) is 12.6 Å². The highest BCUT2D eigenvalue weighted by atomic mass is 32.2. The lowest BCUT2D eigenvalue weighted by Gasteiger charge is -2.28. The molecule has 0 N–H and O–H groups in total. The molecule has 11 heavy (non-hydrogen) atoms. The van der Waals surface area contributed by atoms with E-state index in [-0.39, 0.29) is 11.5 Å². The minimum absolute atomic E-state index is 0.264. The van der Waals surface area contributed by atoms with E-state index < -0.39 is 25.7 Å². The minimum Gasteiger partial charge on any atom is -0.268 e. The standard InChI is InChI=1S/C5H10O4S2/c1-10(6)3-5(4-10)9-11(2,7)8/h5H,1,3-4H2,2H3. The Hall–Kier alpha value is -0.0700. The van der Waals surface area contributed by atoms with Crippen molar-refractivity contribution in [1.82, 2.24) is 0 Å². The molecule has 0 aromatic carbocycles. The molecule has 0 bridgehead atoms. The summed E-state index contributed by atoms with van der Waals surface area (Å²) < 4.78 is 36.5. The van der Waals surface area contributed by atoms with E-state index >= 15 is 0 Å². The third-order valence-electron chi connectivity index (χ3n) is 1.29. The van der Waals surface area contributed by atoms with Crippen molar-refractivity contribution in [1.29, 1.82) is 0 Å². The van der Waals surface area contributed by atoms with Crippen molar-refractivity contribution in [3.8, 4) is 0 Å². The summed E-state index contributed by atoms with van der Waals surface area (Å²) in [5.41, 5.74) is 0. The quantitative estimate of drug-likeness (QED) is 0.424. The molecule has 1 heterocycles. The molecule has 0 saturated carbocycles. The molecule has 1 saturated heterocycles. The summed E-state index contributed by atoms with van der Waals surface area (Å²) >= 11 is 0. The Labute approximate surface area is 66.7 Å². The molecule has 1 fully saturated rings. The molecule has 66 valence electrons. The summed E-state index contributed by atoms with van der Waals surface area (Å²) in [6.07, 6.45) is 0.575. The van der Waals surface area contributed by atoms with Gasteiger partial charge in [-0.15, -0.1) is 0 Å². The van der Waals surface area contributed by atoms with E-state index in [4.69, 9.17) is 0 Å². The van der Waals surface area contributed by atoms with Gasteiger partial charge in [0.1, 0.15) is 0 Å². The summed E-state index contributed by atoms with van der Waals surface area (Å²) in [5.74, 6) is 3.94. The van der Waals surface area contributed by atoms with E-state index in [1.165, 1.54) is 0 Å². The monoisotopic (exact) mass is 198 g/mol. The Balaban J connectivity index is 2.48. The number of hydrogen-bond acceptors (Lipinski definition) is 4. The van der Waals surface area contributed by atoms with Crippen LogP contribution in [0.1, 0.15) is 0 Å². The zero-order valence-electron chi connectivity index (χ0n) is 6.15. The Morgan fingerprint density at radius 3 is 2.27 bits per heavy atom. The van der Waals surface area contributed by atoms with Crippen molar-refractivity contribution in [2.75, 3.05) is 17.8 Å². The normalized spacial score (nSPS) is 38.1. The van der Waals surface area contributed by atoms with Gasteiger partial charge in [0.2, 0.25) is 0 Å². The van der Waals surface area contributed by atoms with Crippen LogP contribution in [0.3, 0.4) is 0 Å². The third kappa shape index (κ3) is 2.80. The number of rotatable bonds is 2.